The number of thioether (sulfide) groups is 1. The van der Waals surface area contributed by atoms with Crippen LogP contribution in [0.4, 0.5) is 11.4 Å². The molecule has 178 valence electrons. The summed E-state index contributed by atoms with van der Waals surface area (Å²) < 4.78 is 10.7. The van der Waals surface area contributed by atoms with Gasteiger partial charge in [-0.3, -0.25) is 9.59 Å². The van der Waals surface area contributed by atoms with Crippen molar-refractivity contribution in [3.8, 4) is 11.5 Å². The van der Waals surface area contributed by atoms with E-state index in [0.29, 0.717) is 29.2 Å². The molecule has 3 aromatic rings. The Morgan fingerprint density at radius 1 is 0.912 bits per heavy atom. The Morgan fingerprint density at radius 3 is 2.21 bits per heavy atom. The molecule has 2 amide bonds. The third-order valence-electron chi connectivity index (χ3n) is 5.55. The molecule has 1 atom stereocenters. The molecule has 3 rings (SSSR count). The van der Waals surface area contributed by atoms with E-state index in [9.17, 15) is 9.59 Å². The maximum absolute atomic E-state index is 13.0. The van der Waals surface area contributed by atoms with Crippen LogP contribution in [-0.2, 0) is 4.79 Å². The van der Waals surface area contributed by atoms with Crippen molar-refractivity contribution in [2.75, 3.05) is 24.9 Å². The van der Waals surface area contributed by atoms with Crippen LogP contribution in [0.1, 0.15) is 34.8 Å². The van der Waals surface area contributed by atoms with Gasteiger partial charge in [0.15, 0.2) is 0 Å². The van der Waals surface area contributed by atoms with Crippen LogP contribution in [0.15, 0.2) is 65.6 Å². The second kappa shape index (κ2) is 11.6. The number of methoxy groups -OCH3 is 2. The van der Waals surface area contributed by atoms with Gasteiger partial charge in [-0.15, -0.1) is 11.8 Å². The molecule has 3 aromatic carbocycles. The van der Waals surface area contributed by atoms with Crippen molar-refractivity contribution in [1.82, 2.24) is 0 Å². The SMILES string of the molecule is CCC(Sc1cccc(NC(=O)c2c(OC)cccc2OC)c1)C(=O)Nc1cccc(C)c1C. The van der Waals surface area contributed by atoms with Crippen LogP contribution < -0.4 is 20.1 Å². The number of carbonyl (C=O) groups excluding carboxylic acids is 2. The highest BCUT2D eigenvalue weighted by atomic mass is 32.2. The van der Waals surface area contributed by atoms with E-state index in [2.05, 4.69) is 10.6 Å². The van der Waals surface area contributed by atoms with Gasteiger partial charge >= 0.3 is 0 Å². The molecule has 0 radical (unpaired) electrons. The van der Waals surface area contributed by atoms with Gasteiger partial charge in [0.25, 0.3) is 5.91 Å². The first-order valence-corrected chi connectivity index (χ1v) is 11.9. The lowest BCUT2D eigenvalue weighted by molar-refractivity contribution is -0.115. The molecular formula is C27H30N2O4S. The van der Waals surface area contributed by atoms with E-state index >= 15 is 0 Å². The molecule has 0 aliphatic rings. The lowest BCUT2D eigenvalue weighted by Crippen LogP contribution is -2.25. The van der Waals surface area contributed by atoms with E-state index in [1.165, 1.54) is 26.0 Å². The smallest absolute Gasteiger partial charge is 0.263 e. The Kier molecular flexibility index (Phi) is 8.60. The molecule has 0 aliphatic heterocycles. The zero-order valence-corrected chi connectivity index (χ0v) is 20.9. The summed E-state index contributed by atoms with van der Waals surface area (Å²) in [6.45, 7) is 6.01. The molecule has 2 N–H and O–H groups in total. The first-order chi connectivity index (χ1) is 16.4. The Balaban J connectivity index is 1.74. The molecule has 7 heteroatoms. The number of rotatable bonds is 9. The number of anilines is 2. The summed E-state index contributed by atoms with van der Waals surface area (Å²) in [7, 11) is 3.02. The summed E-state index contributed by atoms with van der Waals surface area (Å²) >= 11 is 1.47. The van der Waals surface area contributed by atoms with E-state index in [1.807, 2.05) is 57.2 Å². The zero-order chi connectivity index (χ0) is 24.7. The third kappa shape index (κ3) is 5.91. The monoisotopic (exact) mass is 478 g/mol. The first-order valence-electron chi connectivity index (χ1n) is 11.0. The van der Waals surface area contributed by atoms with Crippen LogP contribution >= 0.6 is 11.8 Å². The molecule has 0 bridgehead atoms. The molecule has 34 heavy (non-hydrogen) atoms. The maximum Gasteiger partial charge on any atom is 0.263 e. The van der Waals surface area contributed by atoms with Gasteiger partial charge in [-0.25, -0.2) is 0 Å². The van der Waals surface area contributed by atoms with Crippen molar-refractivity contribution in [3.63, 3.8) is 0 Å². The molecule has 0 saturated carbocycles. The van der Waals surface area contributed by atoms with Crippen molar-refractivity contribution in [1.29, 1.82) is 0 Å². The third-order valence-corrected chi connectivity index (χ3v) is 6.91. The second-order valence-electron chi connectivity index (χ2n) is 7.77. The fraction of sp³-hybridized carbons (Fsp3) is 0.259. The zero-order valence-electron chi connectivity index (χ0n) is 20.1. The molecule has 0 aliphatic carbocycles. The van der Waals surface area contributed by atoms with Gasteiger partial charge in [-0.05, 0) is 67.8 Å². The Bertz CT molecular complexity index is 1160. The summed E-state index contributed by atoms with van der Waals surface area (Å²) in [5.74, 6) is 0.471. The summed E-state index contributed by atoms with van der Waals surface area (Å²) in [6, 6.07) is 18.5. The van der Waals surface area contributed by atoms with Crippen molar-refractivity contribution < 1.29 is 19.1 Å². The molecule has 0 aromatic heterocycles. The van der Waals surface area contributed by atoms with Gasteiger partial charge in [0.2, 0.25) is 5.91 Å². The minimum Gasteiger partial charge on any atom is -0.496 e. The number of ether oxygens (including phenoxy) is 2. The quantitative estimate of drug-likeness (QED) is 0.364. The second-order valence-corrected chi connectivity index (χ2v) is 9.05. The Labute approximate surface area is 205 Å². The van der Waals surface area contributed by atoms with Gasteiger partial charge < -0.3 is 20.1 Å². The van der Waals surface area contributed by atoms with Gasteiger partial charge in [-0.2, -0.15) is 0 Å². The molecule has 1 unspecified atom stereocenters. The number of amides is 2. The molecule has 0 spiro atoms. The van der Waals surface area contributed by atoms with E-state index in [-0.39, 0.29) is 17.1 Å². The summed E-state index contributed by atoms with van der Waals surface area (Å²) in [5.41, 5.74) is 3.97. The van der Waals surface area contributed by atoms with Gasteiger partial charge in [-0.1, -0.05) is 31.2 Å². The van der Waals surface area contributed by atoms with Crippen LogP contribution in [-0.4, -0.2) is 31.3 Å². The van der Waals surface area contributed by atoms with Gasteiger partial charge in [0, 0.05) is 16.3 Å². The number of nitrogens with one attached hydrogen (secondary N) is 2. The van der Waals surface area contributed by atoms with Crippen molar-refractivity contribution in [3.05, 3.63) is 77.4 Å². The molecule has 6 nitrogen and oxygen atoms in total. The maximum atomic E-state index is 13.0. The van der Waals surface area contributed by atoms with E-state index in [4.69, 9.17) is 9.47 Å². The minimum atomic E-state index is -0.337. The number of hydrogen-bond acceptors (Lipinski definition) is 5. The summed E-state index contributed by atoms with van der Waals surface area (Å²) in [4.78, 5) is 26.8. The normalized spacial score (nSPS) is 11.4. The molecule has 0 fully saturated rings. The average Bonchev–Trinajstić information content (AvgIpc) is 2.84. The molecule has 0 saturated heterocycles. The number of hydrogen-bond donors (Lipinski definition) is 2. The predicted molar refractivity (Wildman–Crippen MR) is 138 cm³/mol. The molecular weight excluding hydrogens is 448 g/mol. The van der Waals surface area contributed by atoms with Crippen molar-refractivity contribution >= 4 is 35.0 Å². The van der Waals surface area contributed by atoms with Gasteiger partial charge in [0.1, 0.15) is 17.1 Å². The standard InChI is InChI=1S/C27H30N2O4S/c1-6-24(26(30)29-21-13-7-10-17(2)18(21)3)34-20-12-8-11-19(16-20)28-27(31)25-22(32-4)14-9-15-23(25)33-5/h7-16,24H,6H2,1-5H3,(H,28,31)(H,29,30). The van der Waals surface area contributed by atoms with Crippen LogP contribution in [0, 0.1) is 13.8 Å². The van der Waals surface area contributed by atoms with Crippen LogP contribution in [0.5, 0.6) is 11.5 Å². The fourth-order valence-electron chi connectivity index (χ4n) is 3.50. The largest absolute Gasteiger partial charge is 0.496 e. The lowest BCUT2D eigenvalue weighted by Gasteiger charge is -2.17. The number of aryl methyl sites for hydroxylation is 1. The Morgan fingerprint density at radius 2 is 1.56 bits per heavy atom. The highest BCUT2D eigenvalue weighted by Crippen LogP contribution is 2.31. The summed E-state index contributed by atoms with van der Waals surface area (Å²) in [6.07, 6.45) is 0.663. The van der Waals surface area contributed by atoms with E-state index in [0.717, 1.165) is 21.7 Å². The van der Waals surface area contributed by atoms with E-state index in [1.54, 1.807) is 24.3 Å². The van der Waals surface area contributed by atoms with Crippen LogP contribution in [0.2, 0.25) is 0 Å². The van der Waals surface area contributed by atoms with Crippen molar-refractivity contribution in [2.45, 2.75) is 37.3 Å². The number of benzene rings is 3. The first kappa shape index (κ1) is 25.2. The lowest BCUT2D eigenvalue weighted by atomic mass is 10.1. The Hall–Kier alpha value is -3.45. The topological polar surface area (TPSA) is 76.7 Å². The van der Waals surface area contributed by atoms with Crippen molar-refractivity contribution in [2.24, 2.45) is 0 Å². The highest BCUT2D eigenvalue weighted by Gasteiger charge is 2.21. The molecule has 0 heterocycles. The highest BCUT2D eigenvalue weighted by molar-refractivity contribution is 8.00. The summed E-state index contributed by atoms with van der Waals surface area (Å²) in [5, 5.41) is 5.69. The number of carbonyl (C=O) groups is 2. The fourth-order valence-corrected chi connectivity index (χ4v) is 4.52. The van der Waals surface area contributed by atoms with E-state index < -0.39 is 0 Å². The minimum absolute atomic E-state index is 0.0469. The predicted octanol–water partition coefficient (Wildman–Crippen LogP) is 6.08. The van der Waals surface area contributed by atoms with Crippen LogP contribution in [0.25, 0.3) is 0 Å². The van der Waals surface area contributed by atoms with Gasteiger partial charge in [0.05, 0.1) is 19.5 Å². The van der Waals surface area contributed by atoms with Crippen LogP contribution in [0.3, 0.4) is 0 Å². The average molecular weight is 479 g/mol.